The van der Waals surface area contributed by atoms with Crippen LogP contribution < -0.4 is 4.90 Å². The maximum atomic E-state index is 5.70. The maximum Gasteiger partial charge on any atom is 0.199 e. The van der Waals surface area contributed by atoms with Crippen molar-refractivity contribution in [1.82, 2.24) is 19.2 Å². The van der Waals surface area contributed by atoms with Crippen LogP contribution in [0.5, 0.6) is 0 Å². The van der Waals surface area contributed by atoms with Crippen molar-refractivity contribution in [3.05, 3.63) is 52.6 Å². The number of nitrogens with zero attached hydrogens (tertiary/aromatic N) is 5. The number of rotatable bonds is 6. The lowest BCUT2D eigenvalue weighted by Gasteiger charge is -2.36. The van der Waals surface area contributed by atoms with Crippen molar-refractivity contribution in [2.75, 3.05) is 31.1 Å². The van der Waals surface area contributed by atoms with Gasteiger partial charge in [0, 0.05) is 44.3 Å². The lowest BCUT2D eigenvalue weighted by atomic mass is 10.1. The third-order valence-electron chi connectivity index (χ3n) is 5.83. The van der Waals surface area contributed by atoms with Crippen LogP contribution in [-0.2, 0) is 13.2 Å². The summed E-state index contributed by atoms with van der Waals surface area (Å²) in [5, 5.41) is 4.86. The van der Waals surface area contributed by atoms with Crippen LogP contribution in [0.15, 0.2) is 30.9 Å². The van der Waals surface area contributed by atoms with Crippen molar-refractivity contribution >= 4 is 17.9 Å². The van der Waals surface area contributed by atoms with Gasteiger partial charge in [-0.2, -0.15) is 5.10 Å². The fourth-order valence-corrected chi connectivity index (χ4v) is 4.16. The van der Waals surface area contributed by atoms with Gasteiger partial charge in [0.25, 0.3) is 0 Å². The van der Waals surface area contributed by atoms with E-state index in [4.69, 9.17) is 17.3 Å². The molecule has 0 amide bonds. The lowest BCUT2D eigenvalue weighted by molar-refractivity contribution is 0.194. The largest absolute Gasteiger partial charge is 0.369 e. The van der Waals surface area contributed by atoms with Gasteiger partial charge in [-0.1, -0.05) is 18.2 Å². The molecule has 27 heavy (non-hydrogen) atoms. The number of hydrogen-bond acceptors (Lipinski definition) is 4. The van der Waals surface area contributed by atoms with Crippen molar-refractivity contribution in [3.63, 3.8) is 0 Å². The Hall–Kier alpha value is -1.92. The van der Waals surface area contributed by atoms with E-state index in [1.54, 1.807) is 0 Å². The Morgan fingerprint density at radius 1 is 1.19 bits per heavy atom. The highest BCUT2D eigenvalue weighted by Gasteiger charge is 2.30. The van der Waals surface area contributed by atoms with Gasteiger partial charge in [0.2, 0.25) is 0 Å². The second-order valence-corrected chi connectivity index (χ2v) is 8.14. The fraction of sp³-hybridized carbons (Fsp3) is 0.524. The Labute approximate surface area is 166 Å². The number of hydrogen-bond donors (Lipinski definition) is 0. The van der Waals surface area contributed by atoms with Crippen molar-refractivity contribution in [2.45, 2.75) is 45.8 Å². The molecule has 2 fully saturated rings. The minimum absolute atomic E-state index is 0.592. The van der Waals surface area contributed by atoms with E-state index >= 15 is 0 Å². The van der Waals surface area contributed by atoms with Gasteiger partial charge in [-0.05, 0) is 56.1 Å². The third kappa shape index (κ3) is 3.73. The standard InChI is InChI=1S/C21H29N5S/c1-4-10-25-20(18-8-9-18)22-26(21(25)27)15-23-11-13-24(14-12-23)19-7-5-6-16(2)17(19)3/h4-7,18H,1,8-15H2,2-3H3. The molecule has 2 aromatic rings. The van der Waals surface area contributed by atoms with Crippen LogP contribution in [0.3, 0.4) is 0 Å². The molecular formula is C21H29N5S. The van der Waals surface area contributed by atoms with Gasteiger partial charge in [0.1, 0.15) is 5.82 Å². The average Bonchev–Trinajstić information content (AvgIpc) is 3.47. The molecule has 1 aliphatic heterocycles. The van der Waals surface area contributed by atoms with Crippen molar-refractivity contribution in [2.24, 2.45) is 0 Å². The van der Waals surface area contributed by atoms with Gasteiger partial charge in [0.15, 0.2) is 4.77 Å². The molecule has 1 saturated heterocycles. The quantitative estimate of drug-likeness (QED) is 0.559. The van der Waals surface area contributed by atoms with Crippen LogP contribution >= 0.6 is 12.2 Å². The van der Waals surface area contributed by atoms with Crippen molar-refractivity contribution in [3.8, 4) is 0 Å². The Kier molecular flexibility index (Phi) is 5.19. The van der Waals surface area contributed by atoms with Crippen LogP contribution in [0.25, 0.3) is 0 Å². The Bertz CT molecular complexity index is 884. The predicted octanol–water partition coefficient (Wildman–Crippen LogP) is 3.87. The highest BCUT2D eigenvalue weighted by atomic mass is 32.1. The van der Waals surface area contributed by atoms with Gasteiger partial charge in [-0.25, -0.2) is 4.68 Å². The number of piperazine rings is 1. The van der Waals surface area contributed by atoms with Gasteiger partial charge < -0.3 is 4.90 Å². The number of benzene rings is 1. The molecule has 0 spiro atoms. The first-order chi connectivity index (χ1) is 13.1. The molecule has 1 saturated carbocycles. The summed E-state index contributed by atoms with van der Waals surface area (Å²) in [6.45, 7) is 14.0. The lowest BCUT2D eigenvalue weighted by Crippen LogP contribution is -2.47. The molecule has 5 nitrogen and oxygen atoms in total. The van der Waals surface area contributed by atoms with E-state index in [1.807, 2.05) is 10.8 Å². The molecule has 1 aromatic heterocycles. The first kappa shape index (κ1) is 18.4. The SMILES string of the molecule is C=CCn1c(C2CC2)nn(CN2CCN(c3cccc(C)c3C)CC2)c1=S. The van der Waals surface area contributed by atoms with E-state index in [1.165, 1.54) is 29.7 Å². The summed E-state index contributed by atoms with van der Waals surface area (Å²) < 4.78 is 5.00. The topological polar surface area (TPSA) is 29.2 Å². The van der Waals surface area contributed by atoms with E-state index in [2.05, 4.69) is 53.0 Å². The molecule has 0 bridgehead atoms. The monoisotopic (exact) mass is 383 g/mol. The summed E-state index contributed by atoms with van der Waals surface area (Å²) in [5.41, 5.74) is 4.13. The van der Waals surface area contributed by atoms with E-state index < -0.39 is 0 Å². The molecule has 2 aliphatic rings. The number of anilines is 1. The average molecular weight is 384 g/mol. The number of aromatic nitrogens is 3. The van der Waals surface area contributed by atoms with Crippen LogP contribution in [0.4, 0.5) is 5.69 Å². The van der Waals surface area contributed by atoms with Crippen LogP contribution in [0.2, 0.25) is 0 Å². The van der Waals surface area contributed by atoms with Crippen molar-refractivity contribution < 1.29 is 0 Å². The smallest absolute Gasteiger partial charge is 0.199 e. The minimum atomic E-state index is 0.592. The summed E-state index contributed by atoms with van der Waals surface area (Å²) in [7, 11) is 0. The Morgan fingerprint density at radius 3 is 2.59 bits per heavy atom. The van der Waals surface area contributed by atoms with Gasteiger partial charge in [0.05, 0.1) is 6.67 Å². The molecular weight excluding hydrogens is 354 g/mol. The highest BCUT2D eigenvalue weighted by Crippen LogP contribution is 2.39. The zero-order valence-corrected chi connectivity index (χ0v) is 17.2. The maximum absolute atomic E-state index is 5.70. The van der Waals surface area contributed by atoms with E-state index in [0.717, 1.165) is 50.0 Å². The zero-order valence-electron chi connectivity index (χ0n) is 16.4. The number of allylic oxidation sites excluding steroid dienone is 1. The molecule has 144 valence electrons. The molecule has 6 heteroatoms. The van der Waals surface area contributed by atoms with Gasteiger partial charge in [-0.3, -0.25) is 9.47 Å². The Morgan fingerprint density at radius 2 is 1.93 bits per heavy atom. The summed E-state index contributed by atoms with van der Waals surface area (Å²) in [4.78, 5) is 4.96. The van der Waals surface area contributed by atoms with Gasteiger partial charge in [-0.15, -0.1) is 6.58 Å². The Balaban J connectivity index is 1.44. The molecule has 0 radical (unpaired) electrons. The molecule has 1 aromatic carbocycles. The molecule has 4 rings (SSSR count). The first-order valence-electron chi connectivity index (χ1n) is 9.90. The second kappa shape index (κ2) is 7.60. The fourth-order valence-electron chi connectivity index (χ4n) is 3.89. The first-order valence-corrected chi connectivity index (χ1v) is 10.3. The highest BCUT2D eigenvalue weighted by molar-refractivity contribution is 7.71. The van der Waals surface area contributed by atoms with E-state index in [9.17, 15) is 0 Å². The van der Waals surface area contributed by atoms with Crippen LogP contribution in [0, 0.1) is 18.6 Å². The van der Waals surface area contributed by atoms with Crippen LogP contribution in [0.1, 0.15) is 35.7 Å². The minimum Gasteiger partial charge on any atom is -0.369 e. The second-order valence-electron chi connectivity index (χ2n) is 7.78. The number of aryl methyl sites for hydroxylation is 1. The predicted molar refractivity (Wildman–Crippen MR) is 113 cm³/mol. The normalized spacial score (nSPS) is 18.1. The van der Waals surface area contributed by atoms with E-state index in [0.29, 0.717) is 5.92 Å². The molecule has 0 atom stereocenters. The third-order valence-corrected chi connectivity index (χ3v) is 6.26. The molecule has 0 unspecified atom stereocenters. The summed E-state index contributed by atoms with van der Waals surface area (Å²) >= 11 is 5.70. The summed E-state index contributed by atoms with van der Waals surface area (Å²) in [6.07, 6.45) is 4.38. The molecule has 0 N–H and O–H groups in total. The molecule has 2 heterocycles. The van der Waals surface area contributed by atoms with Crippen molar-refractivity contribution in [1.29, 1.82) is 0 Å². The zero-order chi connectivity index (χ0) is 19.0. The summed E-state index contributed by atoms with van der Waals surface area (Å²) in [5.74, 6) is 1.74. The molecule has 1 aliphatic carbocycles. The van der Waals surface area contributed by atoms with Crippen LogP contribution in [-0.4, -0.2) is 45.4 Å². The van der Waals surface area contributed by atoms with E-state index in [-0.39, 0.29) is 0 Å². The van der Waals surface area contributed by atoms with Gasteiger partial charge >= 0.3 is 0 Å². The summed E-state index contributed by atoms with van der Waals surface area (Å²) in [6, 6.07) is 6.59.